The molecule has 0 saturated heterocycles. The molecule has 0 fully saturated rings. The van der Waals surface area contributed by atoms with E-state index in [1.807, 2.05) is 30.3 Å². The Labute approximate surface area is 169 Å². The van der Waals surface area contributed by atoms with Gasteiger partial charge in [-0.05, 0) is 17.7 Å². The van der Waals surface area contributed by atoms with Gasteiger partial charge in [-0.15, -0.1) is 18.2 Å². The minimum Gasteiger partial charge on any atom is -0.303 e. The lowest BCUT2D eigenvalue weighted by atomic mass is 10.2. The van der Waals surface area contributed by atoms with Gasteiger partial charge in [-0.3, -0.25) is 4.79 Å². The number of thiazole rings is 1. The number of benzene rings is 2. The molecule has 0 aliphatic heterocycles. The highest BCUT2D eigenvalue weighted by molar-refractivity contribution is 7.99. The highest BCUT2D eigenvalue weighted by atomic mass is 35.5. The SMILES string of the molecule is C#CCn1c(=NC(=O)CSCc2ccccc2)sc2c(Cl)ccc(Cl)c21. The van der Waals surface area contributed by atoms with Crippen LogP contribution in [0.3, 0.4) is 0 Å². The number of carbonyl (C=O) groups excluding carboxylic acids is 1. The maximum absolute atomic E-state index is 12.3. The molecule has 3 nitrogen and oxygen atoms in total. The summed E-state index contributed by atoms with van der Waals surface area (Å²) in [5.41, 5.74) is 1.89. The standard InChI is InChI=1S/C19H14Cl2N2OS2/c1-2-10-23-17-14(20)8-9-15(21)18(17)26-19(23)22-16(24)12-25-11-13-6-4-3-5-7-13/h1,3-9H,10-12H2. The Morgan fingerprint density at radius 2 is 1.92 bits per heavy atom. The van der Waals surface area contributed by atoms with Crippen molar-refractivity contribution in [3.63, 3.8) is 0 Å². The fourth-order valence-corrected chi connectivity index (χ4v) is 4.84. The summed E-state index contributed by atoms with van der Waals surface area (Å²) in [5.74, 6) is 3.42. The van der Waals surface area contributed by atoms with Crippen molar-refractivity contribution >= 4 is 62.4 Å². The third kappa shape index (κ3) is 4.33. The number of thioether (sulfide) groups is 1. The Balaban J connectivity index is 1.85. The van der Waals surface area contributed by atoms with Crippen molar-refractivity contribution in [2.45, 2.75) is 12.3 Å². The number of rotatable bonds is 5. The quantitative estimate of drug-likeness (QED) is 0.543. The van der Waals surface area contributed by atoms with E-state index in [0.717, 1.165) is 10.5 Å². The van der Waals surface area contributed by atoms with Crippen LogP contribution in [0.1, 0.15) is 5.56 Å². The Hall–Kier alpha value is -1.71. The van der Waals surface area contributed by atoms with Crippen LogP contribution in [0.2, 0.25) is 10.0 Å². The fraction of sp³-hybridized carbons (Fsp3) is 0.158. The van der Waals surface area contributed by atoms with Crippen LogP contribution in [0.4, 0.5) is 0 Å². The van der Waals surface area contributed by atoms with Crippen molar-refractivity contribution in [3.8, 4) is 12.3 Å². The molecule has 132 valence electrons. The zero-order valence-corrected chi connectivity index (χ0v) is 16.8. The van der Waals surface area contributed by atoms with E-state index in [2.05, 4.69) is 10.9 Å². The summed E-state index contributed by atoms with van der Waals surface area (Å²) in [4.78, 5) is 17.0. The highest BCUT2D eigenvalue weighted by Gasteiger charge is 2.13. The predicted molar refractivity (Wildman–Crippen MR) is 112 cm³/mol. The monoisotopic (exact) mass is 420 g/mol. The molecule has 1 amide bonds. The van der Waals surface area contributed by atoms with E-state index in [9.17, 15) is 4.79 Å². The molecule has 0 radical (unpaired) electrons. The highest BCUT2D eigenvalue weighted by Crippen LogP contribution is 2.31. The molecule has 0 bridgehead atoms. The van der Waals surface area contributed by atoms with E-state index >= 15 is 0 Å². The Morgan fingerprint density at radius 3 is 2.65 bits per heavy atom. The van der Waals surface area contributed by atoms with Crippen molar-refractivity contribution < 1.29 is 4.79 Å². The molecule has 1 aromatic heterocycles. The van der Waals surface area contributed by atoms with Crippen LogP contribution in [0, 0.1) is 12.3 Å². The van der Waals surface area contributed by atoms with Crippen LogP contribution in [-0.4, -0.2) is 16.2 Å². The molecule has 1 heterocycles. The number of carbonyl (C=O) groups is 1. The molecule has 0 unspecified atom stereocenters. The van der Waals surface area contributed by atoms with Crippen LogP contribution in [-0.2, 0) is 17.1 Å². The normalized spacial score (nSPS) is 11.7. The number of hydrogen-bond donors (Lipinski definition) is 0. The van der Waals surface area contributed by atoms with Gasteiger partial charge in [0.15, 0.2) is 4.80 Å². The predicted octanol–water partition coefficient (Wildman–Crippen LogP) is 5.00. The minimum atomic E-state index is -0.212. The van der Waals surface area contributed by atoms with E-state index in [-0.39, 0.29) is 12.5 Å². The van der Waals surface area contributed by atoms with E-state index in [4.69, 9.17) is 29.6 Å². The van der Waals surface area contributed by atoms with Crippen LogP contribution in [0.25, 0.3) is 10.2 Å². The molecular weight excluding hydrogens is 407 g/mol. The third-order valence-corrected chi connectivity index (χ3v) is 6.37. The van der Waals surface area contributed by atoms with E-state index in [1.54, 1.807) is 16.7 Å². The van der Waals surface area contributed by atoms with E-state index in [1.165, 1.54) is 28.7 Å². The molecule has 0 N–H and O–H groups in total. The lowest BCUT2D eigenvalue weighted by Gasteiger charge is -2.02. The molecule has 0 aliphatic rings. The first-order valence-electron chi connectivity index (χ1n) is 7.70. The van der Waals surface area contributed by atoms with Gasteiger partial charge in [0.25, 0.3) is 5.91 Å². The van der Waals surface area contributed by atoms with Gasteiger partial charge >= 0.3 is 0 Å². The molecule has 3 aromatic rings. The van der Waals surface area contributed by atoms with Gasteiger partial charge in [-0.2, -0.15) is 4.99 Å². The molecule has 2 aromatic carbocycles. The van der Waals surface area contributed by atoms with Gasteiger partial charge in [-0.1, -0.05) is 70.8 Å². The van der Waals surface area contributed by atoms with Gasteiger partial charge < -0.3 is 4.57 Å². The molecule has 0 spiro atoms. The fourth-order valence-electron chi connectivity index (χ4n) is 2.40. The second-order valence-electron chi connectivity index (χ2n) is 5.37. The van der Waals surface area contributed by atoms with Crippen LogP contribution >= 0.6 is 46.3 Å². The average molecular weight is 421 g/mol. The summed E-state index contributed by atoms with van der Waals surface area (Å²) in [6.45, 7) is 0.267. The number of nitrogens with zero attached hydrogens (tertiary/aromatic N) is 2. The number of amides is 1. The second-order valence-corrected chi connectivity index (χ2v) is 8.14. The van der Waals surface area contributed by atoms with Crippen LogP contribution < -0.4 is 4.80 Å². The average Bonchev–Trinajstić information content (AvgIpc) is 2.99. The van der Waals surface area contributed by atoms with Gasteiger partial charge in [0.1, 0.15) is 0 Å². The van der Waals surface area contributed by atoms with Crippen molar-refractivity contribution in [1.82, 2.24) is 4.57 Å². The number of aromatic nitrogens is 1. The summed E-state index contributed by atoms with van der Waals surface area (Å²) in [6, 6.07) is 13.4. The molecule has 0 atom stereocenters. The smallest absolute Gasteiger partial charge is 0.258 e. The molecule has 3 rings (SSSR count). The van der Waals surface area contributed by atoms with E-state index in [0.29, 0.717) is 26.1 Å². The van der Waals surface area contributed by atoms with Gasteiger partial charge in [-0.25, -0.2) is 0 Å². The van der Waals surface area contributed by atoms with Gasteiger partial charge in [0.2, 0.25) is 0 Å². The maximum Gasteiger partial charge on any atom is 0.258 e. The molecular formula is C19H14Cl2N2OS2. The summed E-state index contributed by atoms with van der Waals surface area (Å²) >= 11 is 15.4. The zero-order valence-electron chi connectivity index (χ0n) is 13.6. The number of halogens is 2. The van der Waals surface area contributed by atoms with Crippen molar-refractivity contribution in [3.05, 3.63) is 62.9 Å². The second kappa shape index (κ2) is 8.79. The largest absolute Gasteiger partial charge is 0.303 e. The first-order valence-corrected chi connectivity index (χ1v) is 10.4. The summed E-state index contributed by atoms with van der Waals surface area (Å²) in [7, 11) is 0. The lowest BCUT2D eigenvalue weighted by molar-refractivity contribution is -0.115. The van der Waals surface area contributed by atoms with Crippen LogP contribution in [0.15, 0.2) is 47.5 Å². The molecule has 7 heteroatoms. The third-order valence-electron chi connectivity index (χ3n) is 3.54. The Morgan fingerprint density at radius 1 is 1.19 bits per heavy atom. The van der Waals surface area contributed by atoms with Crippen molar-refractivity contribution in [2.24, 2.45) is 4.99 Å². The summed E-state index contributed by atoms with van der Waals surface area (Å²) in [5, 5.41) is 1.09. The molecule has 0 saturated carbocycles. The van der Waals surface area contributed by atoms with Gasteiger partial charge in [0.05, 0.1) is 32.6 Å². The van der Waals surface area contributed by atoms with Gasteiger partial charge in [0, 0.05) is 5.75 Å². The van der Waals surface area contributed by atoms with E-state index < -0.39 is 0 Å². The van der Waals surface area contributed by atoms with Crippen LogP contribution in [0.5, 0.6) is 0 Å². The number of terminal acetylenes is 1. The lowest BCUT2D eigenvalue weighted by Crippen LogP contribution is -2.17. The topological polar surface area (TPSA) is 34.4 Å². The Bertz CT molecular complexity index is 1050. The first-order chi connectivity index (χ1) is 12.6. The van der Waals surface area contributed by atoms with Crippen molar-refractivity contribution in [1.29, 1.82) is 0 Å². The first kappa shape index (κ1) is 19.1. The molecule has 0 aliphatic carbocycles. The number of hydrogen-bond acceptors (Lipinski definition) is 3. The van der Waals surface area contributed by atoms with Crippen molar-refractivity contribution in [2.75, 3.05) is 5.75 Å². The minimum absolute atomic E-state index is 0.212. The zero-order chi connectivity index (χ0) is 18.5. The Kier molecular flexibility index (Phi) is 6.44. The molecule has 26 heavy (non-hydrogen) atoms. The maximum atomic E-state index is 12.3. The summed E-state index contributed by atoms with van der Waals surface area (Å²) < 4.78 is 2.53. The summed E-state index contributed by atoms with van der Waals surface area (Å²) in [6.07, 6.45) is 5.47. The number of fused-ring (bicyclic) bond motifs is 1.